The van der Waals surface area contributed by atoms with E-state index < -0.39 is 6.36 Å². The van der Waals surface area contributed by atoms with Gasteiger partial charge in [-0.05, 0) is 24.8 Å². The van der Waals surface area contributed by atoms with Crippen molar-refractivity contribution in [3.8, 4) is 11.5 Å². The first-order chi connectivity index (χ1) is 8.40. The van der Waals surface area contributed by atoms with Gasteiger partial charge in [0.1, 0.15) is 11.5 Å². The van der Waals surface area contributed by atoms with E-state index in [0.717, 1.165) is 18.4 Å². The molecule has 1 aromatic rings. The van der Waals surface area contributed by atoms with Crippen molar-refractivity contribution < 1.29 is 22.6 Å². The second kappa shape index (κ2) is 4.68. The summed E-state index contributed by atoms with van der Waals surface area (Å²) >= 11 is 0. The van der Waals surface area contributed by atoms with Crippen LogP contribution < -0.4 is 15.2 Å². The molecule has 0 aromatic heterocycles. The van der Waals surface area contributed by atoms with Gasteiger partial charge in [0.05, 0.1) is 7.11 Å². The summed E-state index contributed by atoms with van der Waals surface area (Å²) in [6, 6.07) is 3.81. The van der Waals surface area contributed by atoms with Gasteiger partial charge in [-0.1, -0.05) is 6.07 Å². The summed E-state index contributed by atoms with van der Waals surface area (Å²) in [7, 11) is 1.40. The van der Waals surface area contributed by atoms with Crippen LogP contribution in [0.4, 0.5) is 13.2 Å². The van der Waals surface area contributed by atoms with Crippen LogP contribution in [0, 0.1) is 5.92 Å². The second-order valence-corrected chi connectivity index (χ2v) is 4.31. The van der Waals surface area contributed by atoms with Crippen LogP contribution in [0.5, 0.6) is 11.5 Å². The van der Waals surface area contributed by atoms with E-state index in [9.17, 15) is 13.2 Å². The maximum absolute atomic E-state index is 12.1. The highest BCUT2D eigenvalue weighted by Crippen LogP contribution is 2.43. The normalized spacial score (nSPS) is 17.4. The van der Waals surface area contributed by atoms with Crippen LogP contribution in [-0.4, -0.2) is 13.5 Å². The van der Waals surface area contributed by atoms with Crippen molar-refractivity contribution in [3.05, 3.63) is 23.8 Å². The van der Waals surface area contributed by atoms with Crippen molar-refractivity contribution >= 4 is 0 Å². The van der Waals surface area contributed by atoms with E-state index >= 15 is 0 Å². The minimum Gasteiger partial charge on any atom is -0.496 e. The summed E-state index contributed by atoms with van der Waals surface area (Å²) in [5, 5.41) is 0. The van der Waals surface area contributed by atoms with E-state index in [-0.39, 0.29) is 11.8 Å². The van der Waals surface area contributed by atoms with Crippen molar-refractivity contribution in [2.75, 3.05) is 7.11 Å². The van der Waals surface area contributed by atoms with Crippen molar-refractivity contribution in [2.45, 2.75) is 25.2 Å². The molecule has 1 atom stereocenters. The van der Waals surface area contributed by atoms with E-state index in [0.29, 0.717) is 11.7 Å². The van der Waals surface area contributed by atoms with Crippen LogP contribution in [0.15, 0.2) is 18.2 Å². The van der Waals surface area contributed by atoms with Crippen molar-refractivity contribution in [2.24, 2.45) is 11.7 Å². The fourth-order valence-corrected chi connectivity index (χ4v) is 1.87. The zero-order valence-corrected chi connectivity index (χ0v) is 9.83. The fourth-order valence-electron chi connectivity index (χ4n) is 1.87. The Morgan fingerprint density at radius 1 is 1.33 bits per heavy atom. The third-order valence-electron chi connectivity index (χ3n) is 2.93. The molecule has 1 saturated carbocycles. The molecule has 0 bridgehead atoms. The van der Waals surface area contributed by atoms with Crippen LogP contribution in [0.25, 0.3) is 0 Å². The molecule has 1 aliphatic rings. The van der Waals surface area contributed by atoms with E-state index in [1.54, 1.807) is 0 Å². The predicted octanol–water partition coefficient (Wildman–Crippen LogP) is 3.00. The zero-order valence-electron chi connectivity index (χ0n) is 9.83. The molecule has 2 rings (SSSR count). The maximum Gasteiger partial charge on any atom is 0.573 e. The lowest BCUT2D eigenvalue weighted by Crippen LogP contribution is -2.18. The van der Waals surface area contributed by atoms with Crippen molar-refractivity contribution in [3.63, 3.8) is 0 Å². The summed E-state index contributed by atoms with van der Waals surface area (Å²) in [5.74, 6) is 0.426. The molecule has 1 aliphatic carbocycles. The summed E-state index contributed by atoms with van der Waals surface area (Å²) in [6.07, 6.45) is -2.61. The van der Waals surface area contributed by atoms with E-state index in [2.05, 4.69) is 4.74 Å². The Bertz CT molecular complexity index is 430. The number of hydrogen-bond donors (Lipinski definition) is 1. The third kappa shape index (κ3) is 3.07. The number of hydrogen-bond acceptors (Lipinski definition) is 3. The zero-order chi connectivity index (χ0) is 13.3. The SMILES string of the molecule is COc1cc(OC(F)(F)F)ccc1[C@@H](N)C1CC1. The Kier molecular flexibility index (Phi) is 3.38. The predicted molar refractivity (Wildman–Crippen MR) is 59.3 cm³/mol. The van der Waals surface area contributed by atoms with Gasteiger partial charge in [0.2, 0.25) is 0 Å². The molecule has 0 amide bonds. The molecular weight excluding hydrogens is 247 g/mol. The molecule has 0 heterocycles. The Morgan fingerprint density at radius 2 is 2.00 bits per heavy atom. The van der Waals surface area contributed by atoms with Gasteiger partial charge in [-0.25, -0.2) is 0 Å². The van der Waals surface area contributed by atoms with E-state index in [1.165, 1.54) is 25.3 Å². The Labute approximate surface area is 103 Å². The number of ether oxygens (including phenoxy) is 2. The fraction of sp³-hybridized carbons (Fsp3) is 0.500. The summed E-state index contributed by atoms with van der Waals surface area (Å²) in [4.78, 5) is 0. The van der Waals surface area contributed by atoms with Crippen molar-refractivity contribution in [1.82, 2.24) is 0 Å². The molecule has 3 nitrogen and oxygen atoms in total. The maximum atomic E-state index is 12.1. The lowest BCUT2D eigenvalue weighted by Gasteiger charge is -2.17. The minimum atomic E-state index is -4.70. The number of benzene rings is 1. The Hall–Kier alpha value is -1.43. The highest BCUT2D eigenvalue weighted by Gasteiger charge is 2.33. The van der Waals surface area contributed by atoms with Gasteiger partial charge in [-0.2, -0.15) is 0 Å². The van der Waals surface area contributed by atoms with Gasteiger partial charge in [0.25, 0.3) is 0 Å². The number of alkyl halides is 3. The number of nitrogens with two attached hydrogens (primary N) is 1. The first-order valence-corrected chi connectivity index (χ1v) is 5.60. The largest absolute Gasteiger partial charge is 0.573 e. The average Bonchev–Trinajstić information content (AvgIpc) is 3.09. The Balaban J connectivity index is 2.22. The highest BCUT2D eigenvalue weighted by atomic mass is 19.4. The van der Waals surface area contributed by atoms with Crippen LogP contribution in [0.2, 0.25) is 0 Å². The molecule has 1 fully saturated rings. The Morgan fingerprint density at radius 3 is 2.50 bits per heavy atom. The summed E-state index contributed by atoms with van der Waals surface area (Å²) < 4.78 is 45.2. The first kappa shape index (κ1) is 13.0. The highest BCUT2D eigenvalue weighted by molar-refractivity contribution is 5.43. The van der Waals surface area contributed by atoms with Crippen molar-refractivity contribution in [1.29, 1.82) is 0 Å². The van der Waals surface area contributed by atoms with E-state index in [4.69, 9.17) is 10.5 Å². The van der Waals surface area contributed by atoms with Gasteiger partial charge in [0.15, 0.2) is 0 Å². The molecule has 2 N–H and O–H groups in total. The minimum absolute atomic E-state index is 0.195. The van der Waals surface area contributed by atoms with Crippen LogP contribution in [0.3, 0.4) is 0 Å². The molecular formula is C12H14F3NO2. The van der Waals surface area contributed by atoms with E-state index in [1.807, 2.05) is 0 Å². The molecule has 0 saturated heterocycles. The lowest BCUT2D eigenvalue weighted by molar-refractivity contribution is -0.274. The number of halogens is 3. The van der Waals surface area contributed by atoms with Gasteiger partial charge in [-0.3, -0.25) is 0 Å². The van der Waals surface area contributed by atoms with Crippen LogP contribution >= 0.6 is 0 Å². The quantitative estimate of drug-likeness (QED) is 0.906. The topological polar surface area (TPSA) is 44.5 Å². The molecule has 0 aliphatic heterocycles. The molecule has 0 spiro atoms. The molecule has 18 heavy (non-hydrogen) atoms. The standard InChI is InChI=1S/C12H14F3NO2/c1-17-10-6-8(18-12(13,14)15)4-5-9(10)11(16)7-2-3-7/h4-7,11H,2-3,16H2,1H3/t11-/m0/s1. The molecule has 0 radical (unpaired) electrons. The smallest absolute Gasteiger partial charge is 0.496 e. The first-order valence-electron chi connectivity index (χ1n) is 5.60. The number of rotatable bonds is 4. The van der Waals surface area contributed by atoms with Crippen LogP contribution in [-0.2, 0) is 0 Å². The number of methoxy groups -OCH3 is 1. The van der Waals surface area contributed by atoms with Gasteiger partial charge in [-0.15, -0.1) is 13.2 Å². The van der Waals surface area contributed by atoms with Gasteiger partial charge in [0, 0.05) is 17.7 Å². The second-order valence-electron chi connectivity index (χ2n) is 4.31. The third-order valence-corrected chi connectivity index (χ3v) is 2.93. The van der Waals surface area contributed by atoms with Gasteiger partial charge < -0.3 is 15.2 Å². The summed E-state index contributed by atoms with van der Waals surface area (Å²) in [5.41, 5.74) is 6.73. The average molecular weight is 261 g/mol. The lowest BCUT2D eigenvalue weighted by atomic mass is 10.0. The summed E-state index contributed by atoms with van der Waals surface area (Å²) in [6.45, 7) is 0. The molecule has 1 aromatic carbocycles. The molecule has 0 unspecified atom stereocenters. The molecule has 100 valence electrons. The molecule has 6 heteroatoms. The van der Waals surface area contributed by atoms with Crippen LogP contribution in [0.1, 0.15) is 24.4 Å². The van der Waals surface area contributed by atoms with Gasteiger partial charge >= 0.3 is 6.36 Å². The monoisotopic (exact) mass is 261 g/mol.